The fraction of sp³-hybridized carbons (Fsp3) is 0.118. The molecule has 0 aliphatic rings. The van der Waals surface area contributed by atoms with Crippen molar-refractivity contribution in [3.05, 3.63) is 77.8 Å². The van der Waals surface area contributed by atoms with Crippen molar-refractivity contribution in [3.63, 3.8) is 0 Å². The van der Waals surface area contributed by atoms with Gasteiger partial charge in [0.1, 0.15) is 5.82 Å². The highest BCUT2D eigenvalue weighted by molar-refractivity contribution is 6.00. The van der Waals surface area contributed by atoms with E-state index in [1.54, 1.807) is 0 Å². The normalized spacial score (nSPS) is 10.5. The number of rotatable bonds is 5. The van der Waals surface area contributed by atoms with E-state index < -0.39 is 5.91 Å². The average Bonchev–Trinajstić information content (AvgIpc) is 3.05. The molecule has 2 aromatic carbocycles. The minimum Gasteiger partial charge on any atom is -0.417 e. The van der Waals surface area contributed by atoms with Gasteiger partial charge in [-0.25, -0.2) is 4.39 Å². The van der Waals surface area contributed by atoms with Gasteiger partial charge in [0.15, 0.2) is 0 Å². The summed E-state index contributed by atoms with van der Waals surface area (Å²) in [6, 6.07) is 15.3. The molecule has 0 saturated heterocycles. The molecule has 0 saturated carbocycles. The number of aryl methyl sites for hydroxylation is 2. The minimum absolute atomic E-state index is 0.114. The van der Waals surface area contributed by atoms with Crippen molar-refractivity contribution in [2.75, 3.05) is 5.32 Å². The minimum atomic E-state index is -0.518. The number of anilines is 1. The summed E-state index contributed by atoms with van der Waals surface area (Å²) in [6.45, 7) is 0. The Labute approximate surface area is 132 Å². The third kappa shape index (κ3) is 4.00. The van der Waals surface area contributed by atoms with Crippen LogP contribution in [0.4, 0.5) is 10.1 Å². The predicted molar refractivity (Wildman–Crippen MR) is 82.5 cm³/mol. The lowest BCUT2D eigenvalue weighted by Gasteiger charge is -2.01. The number of nitrogens with zero attached hydrogens (tertiary/aromatic N) is 2. The average molecular weight is 311 g/mol. The van der Waals surface area contributed by atoms with Crippen LogP contribution >= 0.6 is 0 Å². The molecular weight excluding hydrogens is 297 g/mol. The molecule has 0 fully saturated rings. The Balaban J connectivity index is 1.59. The first-order chi connectivity index (χ1) is 11.2. The van der Waals surface area contributed by atoms with Crippen molar-refractivity contribution in [2.24, 2.45) is 0 Å². The van der Waals surface area contributed by atoms with Gasteiger partial charge >= 0.3 is 11.8 Å². The molecule has 0 unspecified atom stereocenters. The molecular formula is C17H14FN3O2. The molecule has 23 heavy (non-hydrogen) atoms. The monoisotopic (exact) mass is 311 g/mol. The fourth-order valence-electron chi connectivity index (χ4n) is 2.06. The van der Waals surface area contributed by atoms with Gasteiger partial charge in [-0.3, -0.25) is 4.79 Å². The van der Waals surface area contributed by atoms with Crippen LogP contribution in [0, 0.1) is 5.82 Å². The molecule has 0 atom stereocenters. The maximum atomic E-state index is 12.8. The molecule has 116 valence electrons. The maximum Gasteiger partial charge on any atom is 0.313 e. The zero-order valence-corrected chi connectivity index (χ0v) is 12.2. The summed E-state index contributed by atoms with van der Waals surface area (Å²) in [5.74, 6) is -0.602. The first kappa shape index (κ1) is 14.9. The van der Waals surface area contributed by atoms with Crippen molar-refractivity contribution in [2.45, 2.75) is 12.8 Å². The maximum absolute atomic E-state index is 12.8. The Morgan fingerprint density at radius 3 is 2.48 bits per heavy atom. The number of nitrogens with one attached hydrogen (secondary N) is 1. The van der Waals surface area contributed by atoms with Crippen LogP contribution in [0.2, 0.25) is 0 Å². The summed E-state index contributed by atoms with van der Waals surface area (Å²) in [5.41, 5.74) is 1.61. The molecule has 0 radical (unpaired) electrons. The first-order valence-corrected chi connectivity index (χ1v) is 7.14. The number of amides is 1. The number of hydrogen-bond donors (Lipinski definition) is 1. The Morgan fingerprint density at radius 2 is 1.74 bits per heavy atom. The molecule has 1 amide bonds. The van der Waals surface area contributed by atoms with Crippen LogP contribution in [0.1, 0.15) is 22.1 Å². The second-order valence-corrected chi connectivity index (χ2v) is 4.95. The lowest BCUT2D eigenvalue weighted by atomic mass is 10.1. The van der Waals surface area contributed by atoms with Crippen LogP contribution < -0.4 is 5.32 Å². The van der Waals surface area contributed by atoms with Crippen LogP contribution in [0.15, 0.2) is 59.0 Å². The summed E-state index contributed by atoms with van der Waals surface area (Å²) in [6.07, 6.45) is 1.31. The van der Waals surface area contributed by atoms with Gasteiger partial charge in [-0.1, -0.05) is 30.3 Å². The number of carbonyl (C=O) groups excluding carboxylic acids is 1. The van der Waals surface area contributed by atoms with E-state index in [-0.39, 0.29) is 11.7 Å². The summed E-state index contributed by atoms with van der Waals surface area (Å²) < 4.78 is 18.2. The van der Waals surface area contributed by atoms with E-state index >= 15 is 0 Å². The fourth-order valence-corrected chi connectivity index (χ4v) is 2.06. The van der Waals surface area contributed by atoms with Gasteiger partial charge in [0, 0.05) is 12.1 Å². The number of halogens is 1. The molecule has 0 aliphatic heterocycles. The zero-order valence-electron chi connectivity index (χ0n) is 12.2. The van der Waals surface area contributed by atoms with Gasteiger partial charge in [-0.15, -0.1) is 10.2 Å². The highest BCUT2D eigenvalue weighted by Gasteiger charge is 2.15. The van der Waals surface area contributed by atoms with Gasteiger partial charge < -0.3 is 9.73 Å². The van der Waals surface area contributed by atoms with E-state index in [2.05, 4.69) is 15.5 Å². The Bertz CT molecular complexity index is 785. The van der Waals surface area contributed by atoms with Gasteiger partial charge in [0.05, 0.1) is 0 Å². The first-order valence-electron chi connectivity index (χ1n) is 7.14. The Morgan fingerprint density at radius 1 is 1.00 bits per heavy atom. The summed E-state index contributed by atoms with van der Waals surface area (Å²) >= 11 is 0. The lowest BCUT2D eigenvalue weighted by Crippen LogP contribution is -2.12. The molecule has 1 heterocycles. The van der Waals surface area contributed by atoms with Crippen molar-refractivity contribution in [1.29, 1.82) is 0 Å². The number of aromatic nitrogens is 2. The Hall–Kier alpha value is -3.02. The van der Waals surface area contributed by atoms with Crippen LogP contribution in [0.25, 0.3) is 0 Å². The largest absolute Gasteiger partial charge is 0.417 e. The van der Waals surface area contributed by atoms with Crippen molar-refractivity contribution < 1.29 is 13.6 Å². The highest BCUT2D eigenvalue weighted by Crippen LogP contribution is 2.11. The molecule has 1 N–H and O–H groups in total. The van der Waals surface area contributed by atoms with Gasteiger partial charge in [0.25, 0.3) is 0 Å². The SMILES string of the molecule is O=C(Nc1ccc(F)cc1)c1nnc(CCc2ccccc2)o1. The van der Waals surface area contributed by atoms with Gasteiger partial charge in [-0.2, -0.15) is 0 Å². The van der Waals surface area contributed by atoms with E-state index in [4.69, 9.17) is 4.42 Å². The topological polar surface area (TPSA) is 68.0 Å². The second-order valence-electron chi connectivity index (χ2n) is 4.95. The smallest absolute Gasteiger partial charge is 0.313 e. The predicted octanol–water partition coefficient (Wildman–Crippen LogP) is 3.25. The van der Waals surface area contributed by atoms with E-state index in [1.165, 1.54) is 24.3 Å². The second kappa shape index (κ2) is 6.83. The Kier molecular flexibility index (Phi) is 4.42. The van der Waals surface area contributed by atoms with Crippen molar-refractivity contribution in [1.82, 2.24) is 10.2 Å². The van der Waals surface area contributed by atoms with Crippen LogP contribution in [-0.4, -0.2) is 16.1 Å². The lowest BCUT2D eigenvalue weighted by molar-refractivity contribution is 0.0988. The molecule has 3 aromatic rings. The molecule has 0 spiro atoms. The zero-order chi connectivity index (χ0) is 16.1. The van der Waals surface area contributed by atoms with Crippen molar-refractivity contribution in [3.8, 4) is 0 Å². The van der Waals surface area contributed by atoms with E-state index in [1.807, 2.05) is 30.3 Å². The molecule has 5 nitrogen and oxygen atoms in total. The van der Waals surface area contributed by atoms with Crippen LogP contribution in [0.3, 0.4) is 0 Å². The highest BCUT2D eigenvalue weighted by atomic mass is 19.1. The van der Waals surface area contributed by atoms with E-state index in [0.717, 1.165) is 12.0 Å². The summed E-state index contributed by atoms with van der Waals surface area (Å²) in [4.78, 5) is 12.0. The molecule has 6 heteroatoms. The van der Waals surface area contributed by atoms with Crippen molar-refractivity contribution >= 4 is 11.6 Å². The van der Waals surface area contributed by atoms with Gasteiger partial charge in [-0.05, 0) is 36.2 Å². The van der Waals surface area contributed by atoms with Crippen LogP contribution in [0.5, 0.6) is 0 Å². The summed E-state index contributed by atoms with van der Waals surface area (Å²) in [7, 11) is 0. The number of hydrogen-bond acceptors (Lipinski definition) is 4. The molecule has 1 aromatic heterocycles. The molecule has 0 bridgehead atoms. The quantitative estimate of drug-likeness (QED) is 0.785. The van der Waals surface area contributed by atoms with E-state index in [0.29, 0.717) is 18.0 Å². The number of carbonyl (C=O) groups is 1. The molecule has 0 aliphatic carbocycles. The number of benzene rings is 2. The third-order valence-electron chi connectivity index (χ3n) is 3.23. The summed E-state index contributed by atoms with van der Waals surface area (Å²) in [5, 5.41) is 10.2. The van der Waals surface area contributed by atoms with E-state index in [9.17, 15) is 9.18 Å². The van der Waals surface area contributed by atoms with Crippen LogP contribution in [-0.2, 0) is 12.8 Å². The van der Waals surface area contributed by atoms with Gasteiger partial charge in [0.2, 0.25) is 5.89 Å². The standard InChI is InChI=1S/C17H14FN3O2/c18-13-7-9-14(10-8-13)19-16(22)17-21-20-15(23-17)11-6-12-4-2-1-3-5-12/h1-5,7-10H,6,11H2,(H,19,22). The third-order valence-corrected chi connectivity index (χ3v) is 3.23. The molecule has 3 rings (SSSR count).